The molecule has 0 aliphatic carbocycles. The number of fused-ring (bicyclic) bond motifs is 1. The third kappa shape index (κ3) is 2.38. The highest BCUT2D eigenvalue weighted by atomic mass is 16.5. The van der Waals surface area contributed by atoms with Crippen molar-refractivity contribution < 1.29 is 4.74 Å². The number of rotatable bonds is 2. The number of anilines is 1. The lowest BCUT2D eigenvalue weighted by Gasteiger charge is -2.10. The standard InChI is InChI=1S/C15H15N3O/c1-10(16)17-12-7-8-14-13(9-12)18-15(19-14)11-5-3-2-4-6-11/h2-9,15,18H,1H3,(H2,16,17). The van der Waals surface area contributed by atoms with Crippen molar-refractivity contribution in [2.75, 3.05) is 5.32 Å². The third-order valence-corrected chi connectivity index (χ3v) is 2.90. The molecule has 0 saturated carbocycles. The monoisotopic (exact) mass is 253 g/mol. The fraction of sp³-hybridized carbons (Fsp3) is 0.133. The van der Waals surface area contributed by atoms with Gasteiger partial charge in [-0.1, -0.05) is 30.3 Å². The lowest BCUT2D eigenvalue weighted by molar-refractivity contribution is 0.260. The minimum Gasteiger partial charge on any atom is -0.464 e. The summed E-state index contributed by atoms with van der Waals surface area (Å²) in [5.41, 5.74) is 8.45. The Balaban J connectivity index is 1.87. The molecule has 1 atom stereocenters. The highest BCUT2D eigenvalue weighted by molar-refractivity contribution is 5.81. The van der Waals surface area contributed by atoms with Crippen molar-refractivity contribution in [3.8, 4) is 5.75 Å². The van der Waals surface area contributed by atoms with Crippen LogP contribution in [0.1, 0.15) is 18.7 Å². The number of hydrogen-bond donors (Lipinski definition) is 2. The van der Waals surface area contributed by atoms with Gasteiger partial charge in [0.1, 0.15) is 5.75 Å². The van der Waals surface area contributed by atoms with Crippen LogP contribution in [-0.2, 0) is 0 Å². The number of nitrogens with one attached hydrogen (secondary N) is 1. The topological polar surface area (TPSA) is 59.6 Å². The molecule has 96 valence electrons. The van der Waals surface area contributed by atoms with Crippen molar-refractivity contribution in [3.63, 3.8) is 0 Å². The van der Waals surface area contributed by atoms with Gasteiger partial charge in [0.15, 0.2) is 6.23 Å². The average Bonchev–Trinajstić information content (AvgIpc) is 2.82. The zero-order valence-corrected chi connectivity index (χ0v) is 10.6. The summed E-state index contributed by atoms with van der Waals surface area (Å²) in [4.78, 5) is 4.23. The number of ether oxygens (including phenoxy) is 1. The quantitative estimate of drug-likeness (QED) is 0.638. The lowest BCUT2D eigenvalue weighted by Crippen LogP contribution is -2.09. The molecule has 0 radical (unpaired) electrons. The van der Waals surface area contributed by atoms with Gasteiger partial charge in [-0.2, -0.15) is 0 Å². The molecular weight excluding hydrogens is 238 g/mol. The first-order valence-electron chi connectivity index (χ1n) is 6.15. The van der Waals surface area contributed by atoms with Crippen LogP contribution in [0, 0.1) is 0 Å². The first-order valence-corrected chi connectivity index (χ1v) is 6.15. The second-order valence-corrected chi connectivity index (χ2v) is 4.49. The van der Waals surface area contributed by atoms with Crippen LogP contribution < -0.4 is 15.8 Å². The molecule has 1 aliphatic rings. The maximum Gasteiger partial charge on any atom is 0.196 e. The number of benzene rings is 2. The van der Waals surface area contributed by atoms with Crippen LogP contribution in [0.2, 0.25) is 0 Å². The minimum absolute atomic E-state index is 0.144. The molecule has 4 nitrogen and oxygen atoms in total. The minimum atomic E-state index is -0.144. The van der Waals surface area contributed by atoms with Crippen molar-refractivity contribution in [2.45, 2.75) is 13.2 Å². The van der Waals surface area contributed by atoms with E-state index in [-0.39, 0.29) is 6.23 Å². The Morgan fingerprint density at radius 1 is 1.21 bits per heavy atom. The van der Waals surface area contributed by atoms with Gasteiger partial charge in [0.2, 0.25) is 0 Å². The van der Waals surface area contributed by atoms with Crippen molar-refractivity contribution in [3.05, 3.63) is 54.1 Å². The first-order chi connectivity index (χ1) is 9.22. The van der Waals surface area contributed by atoms with Crippen molar-refractivity contribution >= 4 is 17.2 Å². The zero-order chi connectivity index (χ0) is 13.2. The predicted molar refractivity (Wildman–Crippen MR) is 76.8 cm³/mol. The molecular formula is C15H15N3O. The highest BCUT2D eigenvalue weighted by Gasteiger charge is 2.23. The van der Waals surface area contributed by atoms with Gasteiger partial charge in [0, 0.05) is 5.56 Å². The highest BCUT2D eigenvalue weighted by Crippen LogP contribution is 2.39. The van der Waals surface area contributed by atoms with Gasteiger partial charge in [-0.3, -0.25) is 0 Å². The van der Waals surface area contributed by atoms with Gasteiger partial charge >= 0.3 is 0 Å². The SMILES string of the molecule is CC(N)=Nc1ccc2c(c1)NC(c1ccccc1)O2. The third-order valence-electron chi connectivity index (χ3n) is 2.90. The molecule has 4 heteroatoms. The molecule has 1 aliphatic heterocycles. The Bertz CT molecular complexity index is 619. The van der Waals surface area contributed by atoms with E-state index >= 15 is 0 Å². The summed E-state index contributed by atoms with van der Waals surface area (Å²) in [6.07, 6.45) is -0.144. The largest absolute Gasteiger partial charge is 0.464 e. The Labute approximate surface area is 111 Å². The Kier molecular flexibility index (Phi) is 2.83. The summed E-state index contributed by atoms with van der Waals surface area (Å²) in [7, 11) is 0. The van der Waals surface area contributed by atoms with Gasteiger partial charge in [-0.15, -0.1) is 0 Å². The molecule has 3 N–H and O–H groups in total. The van der Waals surface area contributed by atoms with Gasteiger partial charge in [0.05, 0.1) is 17.2 Å². The Hall–Kier alpha value is -2.49. The van der Waals surface area contributed by atoms with E-state index in [9.17, 15) is 0 Å². The van der Waals surface area contributed by atoms with E-state index in [0.717, 1.165) is 22.7 Å². The number of nitrogens with zero attached hydrogens (tertiary/aromatic N) is 1. The molecule has 19 heavy (non-hydrogen) atoms. The van der Waals surface area contributed by atoms with E-state index in [0.29, 0.717) is 5.84 Å². The Morgan fingerprint density at radius 3 is 2.74 bits per heavy atom. The molecule has 1 heterocycles. The van der Waals surface area contributed by atoms with Crippen LogP contribution in [0.15, 0.2) is 53.5 Å². The number of aliphatic imine (C=N–C) groups is 1. The molecule has 2 aromatic carbocycles. The molecule has 0 bridgehead atoms. The van der Waals surface area contributed by atoms with Crippen LogP contribution >= 0.6 is 0 Å². The number of amidine groups is 1. The predicted octanol–water partition coefficient (Wildman–Crippen LogP) is 3.20. The summed E-state index contributed by atoms with van der Waals surface area (Å²) >= 11 is 0. The van der Waals surface area contributed by atoms with E-state index in [2.05, 4.69) is 10.3 Å². The second kappa shape index (κ2) is 4.65. The lowest BCUT2D eigenvalue weighted by atomic mass is 10.2. The normalized spacial score (nSPS) is 17.5. The molecule has 0 aromatic heterocycles. The first kappa shape index (κ1) is 11.6. The van der Waals surface area contributed by atoms with Crippen LogP contribution in [0.5, 0.6) is 5.75 Å². The summed E-state index contributed by atoms with van der Waals surface area (Å²) in [6.45, 7) is 1.77. The molecule has 2 aromatic rings. The van der Waals surface area contributed by atoms with Crippen molar-refractivity contribution in [1.82, 2.24) is 0 Å². The number of nitrogens with two attached hydrogens (primary N) is 1. The fourth-order valence-corrected chi connectivity index (χ4v) is 2.08. The van der Waals surface area contributed by atoms with E-state index < -0.39 is 0 Å². The summed E-state index contributed by atoms with van der Waals surface area (Å²) in [5.74, 6) is 1.38. The van der Waals surface area contributed by atoms with Crippen molar-refractivity contribution in [1.29, 1.82) is 0 Å². The fourth-order valence-electron chi connectivity index (χ4n) is 2.08. The summed E-state index contributed by atoms with van der Waals surface area (Å²) < 4.78 is 5.86. The Morgan fingerprint density at radius 2 is 2.00 bits per heavy atom. The summed E-state index contributed by atoms with van der Waals surface area (Å²) in [5, 5.41) is 3.33. The average molecular weight is 253 g/mol. The number of hydrogen-bond acceptors (Lipinski definition) is 3. The van der Waals surface area contributed by atoms with Crippen LogP contribution in [-0.4, -0.2) is 5.84 Å². The van der Waals surface area contributed by atoms with E-state index in [4.69, 9.17) is 10.5 Å². The van der Waals surface area contributed by atoms with Gasteiger partial charge in [0.25, 0.3) is 0 Å². The van der Waals surface area contributed by atoms with Crippen molar-refractivity contribution in [2.24, 2.45) is 10.7 Å². The van der Waals surface area contributed by atoms with E-state index in [1.807, 2.05) is 48.5 Å². The smallest absolute Gasteiger partial charge is 0.196 e. The molecule has 0 saturated heterocycles. The van der Waals surface area contributed by atoms with Crippen LogP contribution in [0.3, 0.4) is 0 Å². The maximum absolute atomic E-state index is 5.86. The van der Waals surface area contributed by atoms with Crippen LogP contribution in [0.25, 0.3) is 0 Å². The van der Waals surface area contributed by atoms with Crippen LogP contribution in [0.4, 0.5) is 11.4 Å². The molecule has 0 fully saturated rings. The van der Waals surface area contributed by atoms with Gasteiger partial charge in [-0.05, 0) is 25.1 Å². The molecule has 0 spiro atoms. The summed E-state index contributed by atoms with van der Waals surface area (Å²) in [6, 6.07) is 15.8. The van der Waals surface area contributed by atoms with E-state index in [1.165, 1.54) is 0 Å². The molecule has 3 rings (SSSR count). The van der Waals surface area contributed by atoms with E-state index in [1.54, 1.807) is 6.92 Å². The maximum atomic E-state index is 5.86. The van der Waals surface area contributed by atoms with Gasteiger partial charge < -0.3 is 15.8 Å². The molecule has 1 unspecified atom stereocenters. The zero-order valence-electron chi connectivity index (χ0n) is 10.6. The molecule has 0 amide bonds. The second-order valence-electron chi connectivity index (χ2n) is 4.49. The van der Waals surface area contributed by atoms with Gasteiger partial charge in [-0.25, -0.2) is 4.99 Å².